The van der Waals surface area contributed by atoms with Crippen LogP contribution in [0.25, 0.3) is 0 Å². The molecular weight excluding hydrogens is 172 g/mol. The van der Waals surface area contributed by atoms with Crippen molar-refractivity contribution < 1.29 is 8.78 Å². The van der Waals surface area contributed by atoms with E-state index in [-0.39, 0.29) is 5.92 Å². The van der Waals surface area contributed by atoms with Gasteiger partial charge < -0.3 is 5.32 Å². The van der Waals surface area contributed by atoms with Gasteiger partial charge in [-0.1, -0.05) is 19.8 Å². The van der Waals surface area contributed by atoms with Crippen molar-refractivity contribution in [2.75, 3.05) is 6.54 Å². The fraction of sp³-hybridized carbons (Fsp3) is 1.00. The molecule has 1 rings (SSSR count). The van der Waals surface area contributed by atoms with E-state index in [4.69, 9.17) is 0 Å². The topological polar surface area (TPSA) is 12.0 Å². The highest BCUT2D eigenvalue weighted by Gasteiger charge is 2.42. The molecule has 0 spiro atoms. The van der Waals surface area contributed by atoms with Gasteiger partial charge in [0, 0.05) is 0 Å². The molecule has 1 saturated carbocycles. The second-order valence-electron chi connectivity index (χ2n) is 4.10. The van der Waals surface area contributed by atoms with E-state index in [1.54, 1.807) is 6.92 Å². The summed E-state index contributed by atoms with van der Waals surface area (Å²) < 4.78 is 25.7. The molecule has 1 atom stereocenters. The van der Waals surface area contributed by atoms with Crippen LogP contribution in [0.2, 0.25) is 0 Å². The summed E-state index contributed by atoms with van der Waals surface area (Å²) in [6, 6.07) is 0. The van der Waals surface area contributed by atoms with Crippen LogP contribution in [0.4, 0.5) is 8.78 Å². The Labute approximate surface area is 78.9 Å². The lowest BCUT2D eigenvalue weighted by Gasteiger charge is -2.35. The molecule has 1 N–H and O–H groups in total. The van der Waals surface area contributed by atoms with E-state index in [0.29, 0.717) is 6.54 Å². The fourth-order valence-electron chi connectivity index (χ4n) is 2.31. The summed E-state index contributed by atoms with van der Waals surface area (Å²) in [6.45, 7) is 4.17. The summed E-state index contributed by atoms with van der Waals surface area (Å²) in [5, 5.41) is 2.95. The highest BCUT2D eigenvalue weighted by Crippen LogP contribution is 2.37. The van der Waals surface area contributed by atoms with Gasteiger partial charge >= 0.3 is 0 Å². The molecule has 0 aliphatic heterocycles. The SMILES string of the molecule is CCNC(C)(C(F)F)C1CCCC1. The van der Waals surface area contributed by atoms with Crippen molar-refractivity contribution >= 4 is 0 Å². The molecular formula is C10H19F2N. The van der Waals surface area contributed by atoms with Gasteiger partial charge in [-0.2, -0.15) is 0 Å². The Morgan fingerprint density at radius 1 is 1.38 bits per heavy atom. The molecule has 13 heavy (non-hydrogen) atoms. The quantitative estimate of drug-likeness (QED) is 0.720. The van der Waals surface area contributed by atoms with Gasteiger partial charge in [0.15, 0.2) is 0 Å². The third-order valence-corrected chi connectivity index (χ3v) is 3.21. The Morgan fingerprint density at radius 2 is 1.92 bits per heavy atom. The number of hydrogen-bond donors (Lipinski definition) is 1. The van der Waals surface area contributed by atoms with Crippen LogP contribution in [-0.4, -0.2) is 18.5 Å². The summed E-state index contributed by atoms with van der Waals surface area (Å²) >= 11 is 0. The van der Waals surface area contributed by atoms with Crippen molar-refractivity contribution in [3.05, 3.63) is 0 Å². The zero-order valence-electron chi connectivity index (χ0n) is 8.45. The summed E-state index contributed by atoms with van der Waals surface area (Å²) in [7, 11) is 0. The van der Waals surface area contributed by atoms with Gasteiger partial charge in [0.05, 0.1) is 5.54 Å². The first-order chi connectivity index (χ1) is 6.11. The van der Waals surface area contributed by atoms with Crippen LogP contribution in [0, 0.1) is 5.92 Å². The predicted octanol–water partition coefficient (Wildman–Crippen LogP) is 2.81. The maximum Gasteiger partial charge on any atom is 0.256 e. The van der Waals surface area contributed by atoms with Crippen LogP contribution in [0.5, 0.6) is 0 Å². The average molecular weight is 191 g/mol. The van der Waals surface area contributed by atoms with Gasteiger partial charge in [-0.3, -0.25) is 0 Å². The van der Waals surface area contributed by atoms with Gasteiger partial charge in [0.25, 0.3) is 6.43 Å². The molecule has 0 bridgehead atoms. The molecule has 3 heteroatoms. The third-order valence-electron chi connectivity index (χ3n) is 3.21. The van der Waals surface area contributed by atoms with Crippen molar-refractivity contribution in [3.8, 4) is 0 Å². The molecule has 1 unspecified atom stereocenters. The zero-order chi connectivity index (χ0) is 9.90. The van der Waals surface area contributed by atoms with Crippen molar-refractivity contribution in [1.29, 1.82) is 0 Å². The molecule has 1 fully saturated rings. The minimum absolute atomic E-state index is 0.160. The first-order valence-corrected chi connectivity index (χ1v) is 5.14. The Bertz CT molecular complexity index is 155. The van der Waals surface area contributed by atoms with Gasteiger partial charge in [0.1, 0.15) is 0 Å². The molecule has 78 valence electrons. The van der Waals surface area contributed by atoms with Crippen molar-refractivity contribution in [3.63, 3.8) is 0 Å². The first kappa shape index (κ1) is 10.9. The van der Waals surface area contributed by atoms with Crippen molar-refractivity contribution in [1.82, 2.24) is 5.32 Å². The second kappa shape index (κ2) is 4.36. The van der Waals surface area contributed by atoms with E-state index in [9.17, 15) is 8.78 Å². The van der Waals surface area contributed by atoms with E-state index < -0.39 is 12.0 Å². The average Bonchev–Trinajstić information content (AvgIpc) is 2.56. The Morgan fingerprint density at radius 3 is 2.31 bits per heavy atom. The van der Waals surface area contributed by atoms with Crippen LogP contribution in [0.15, 0.2) is 0 Å². The maximum atomic E-state index is 12.9. The molecule has 1 nitrogen and oxygen atoms in total. The summed E-state index contributed by atoms with van der Waals surface area (Å²) in [5.74, 6) is 0.160. The fourth-order valence-corrected chi connectivity index (χ4v) is 2.31. The Kier molecular flexibility index (Phi) is 3.65. The molecule has 1 aliphatic rings. The lowest BCUT2D eigenvalue weighted by atomic mass is 9.84. The smallest absolute Gasteiger partial charge is 0.256 e. The van der Waals surface area contributed by atoms with Gasteiger partial charge in [-0.15, -0.1) is 0 Å². The van der Waals surface area contributed by atoms with E-state index in [1.165, 1.54) is 0 Å². The van der Waals surface area contributed by atoms with Crippen molar-refractivity contribution in [2.24, 2.45) is 5.92 Å². The molecule has 0 aromatic carbocycles. The highest BCUT2D eigenvalue weighted by atomic mass is 19.3. The number of nitrogens with one attached hydrogen (secondary N) is 1. The van der Waals surface area contributed by atoms with Gasteiger partial charge in [-0.05, 0) is 32.2 Å². The van der Waals surface area contributed by atoms with E-state index >= 15 is 0 Å². The highest BCUT2D eigenvalue weighted by molar-refractivity contribution is 4.94. The second-order valence-corrected chi connectivity index (χ2v) is 4.10. The molecule has 0 radical (unpaired) electrons. The number of rotatable bonds is 4. The molecule has 0 heterocycles. The minimum atomic E-state index is -2.25. The van der Waals surface area contributed by atoms with Crippen LogP contribution in [-0.2, 0) is 0 Å². The summed E-state index contributed by atoms with van der Waals surface area (Å²) in [6.07, 6.45) is 1.87. The standard InChI is InChI=1S/C10H19F2N/c1-3-13-10(2,9(11)12)8-6-4-5-7-8/h8-9,13H,3-7H2,1-2H3. The minimum Gasteiger partial charge on any atom is -0.307 e. The molecule has 0 amide bonds. The van der Waals surface area contributed by atoms with E-state index in [2.05, 4.69) is 5.32 Å². The Balaban J connectivity index is 2.64. The van der Waals surface area contributed by atoms with E-state index in [1.807, 2.05) is 6.92 Å². The lowest BCUT2D eigenvalue weighted by molar-refractivity contribution is 0.00616. The van der Waals surface area contributed by atoms with Crippen LogP contribution in [0.1, 0.15) is 39.5 Å². The number of halogens is 2. The normalized spacial score (nSPS) is 23.8. The van der Waals surface area contributed by atoms with Crippen LogP contribution >= 0.6 is 0 Å². The van der Waals surface area contributed by atoms with Crippen molar-refractivity contribution in [2.45, 2.75) is 51.5 Å². The van der Waals surface area contributed by atoms with E-state index in [0.717, 1.165) is 25.7 Å². The number of alkyl halides is 2. The lowest BCUT2D eigenvalue weighted by Crippen LogP contribution is -2.53. The van der Waals surface area contributed by atoms with Crippen LogP contribution < -0.4 is 5.32 Å². The number of hydrogen-bond acceptors (Lipinski definition) is 1. The van der Waals surface area contributed by atoms with Gasteiger partial charge in [-0.25, -0.2) is 8.78 Å². The summed E-state index contributed by atoms with van der Waals surface area (Å²) in [4.78, 5) is 0. The monoisotopic (exact) mass is 191 g/mol. The van der Waals surface area contributed by atoms with Gasteiger partial charge in [0.2, 0.25) is 0 Å². The first-order valence-electron chi connectivity index (χ1n) is 5.14. The molecule has 0 saturated heterocycles. The van der Waals surface area contributed by atoms with Crippen LogP contribution in [0.3, 0.4) is 0 Å². The molecule has 0 aromatic heterocycles. The predicted molar refractivity (Wildman–Crippen MR) is 50.0 cm³/mol. The maximum absolute atomic E-state index is 12.9. The zero-order valence-corrected chi connectivity index (χ0v) is 8.45. The molecule has 1 aliphatic carbocycles. The summed E-state index contributed by atoms with van der Waals surface area (Å²) in [5.41, 5.74) is -0.953. The Hall–Kier alpha value is -0.180. The largest absolute Gasteiger partial charge is 0.307 e. The third kappa shape index (κ3) is 2.19. The molecule has 0 aromatic rings.